The minimum Gasteiger partial charge on any atom is -0.373 e. The Morgan fingerprint density at radius 3 is 2.47 bits per heavy atom. The molecule has 104 valence electrons. The number of hydrogen-bond acceptors (Lipinski definition) is 2. The highest BCUT2D eigenvalue weighted by molar-refractivity contribution is 6.42. The molecule has 19 heavy (non-hydrogen) atoms. The third-order valence-electron chi connectivity index (χ3n) is 3.79. The molecule has 4 heteroatoms. The number of rotatable bonds is 4. The smallest absolute Gasteiger partial charge is 0.191 e. The lowest BCUT2D eigenvalue weighted by atomic mass is 9.82. The fraction of sp³-hybridized carbons (Fsp3) is 0.533. The molecule has 1 aromatic carbocycles. The lowest BCUT2D eigenvalue weighted by molar-refractivity contribution is 0.0314. The van der Waals surface area contributed by atoms with Crippen molar-refractivity contribution in [3.8, 4) is 0 Å². The third kappa shape index (κ3) is 3.50. The van der Waals surface area contributed by atoms with E-state index >= 15 is 0 Å². The number of benzene rings is 1. The summed E-state index contributed by atoms with van der Waals surface area (Å²) in [5, 5.41) is 0.871. The van der Waals surface area contributed by atoms with Crippen LogP contribution in [0.3, 0.4) is 0 Å². The normalized spacial score (nSPS) is 18.3. The van der Waals surface area contributed by atoms with Crippen molar-refractivity contribution in [2.45, 2.75) is 38.2 Å². The number of ketones is 1. The van der Waals surface area contributed by atoms with Gasteiger partial charge in [-0.15, -0.1) is 0 Å². The van der Waals surface area contributed by atoms with E-state index in [0.29, 0.717) is 21.5 Å². The van der Waals surface area contributed by atoms with E-state index in [0.717, 1.165) is 12.8 Å². The summed E-state index contributed by atoms with van der Waals surface area (Å²) in [6.07, 6.45) is 5.38. The van der Waals surface area contributed by atoms with Gasteiger partial charge in [0.15, 0.2) is 5.78 Å². The van der Waals surface area contributed by atoms with Crippen LogP contribution in [-0.4, -0.2) is 19.0 Å². The molecule has 0 amide bonds. The van der Waals surface area contributed by atoms with E-state index in [1.165, 1.54) is 19.3 Å². The highest BCUT2D eigenvalue weighted by atomic mass is 35.5. The molecule has 1 aliphatic rings. The van der Waals surface area contributed by atoms with Gasteiger partial charge < -0.3 is 4.74 Å². The summed E-state index contributed by atoms with van der Waals surface area (Å²) in [4.78, 5) is 12.5. The molecule has 0 saturated heterocycles. The van der Waals surface area contributed by atoms with Crippen molar-refractivity contribution < 1.29 is 9.53 Å². The van der Waals surface area contributed by atoms with Gasteiger partial charge in [0.2, 0.25) is 0 Å². The highest BCUT2D eigenvalue weighted by Gasteiger charge is 2.30. The fourth-order valence-electron chi connectivity index (χ4n) is 2.76. The average Bonchev–Trinajstić information content (AvgIpc) is 2.44. The first-order valence-corrected chi connectivity index (χ1v) is 7.41. The van der Waals surface area contributed by atoms with Crippen LogP contribution < -0.4 is 0 Å². The summed E-state index contributed by atoms with van der Waals surface area (Å²) in [6, 6.07) is 5.00. The molecular weight excluding hydrogens is 283 g/mol. The van der Waals surface area contributed by atoms with E-state index in [9.17, 15) is 4.79 Å². The first-order valence-electron chi connectivity index (χ1n) is 6.65. The van der Waals surface area contributed by atoms with Crippen molar-refractivity contribution in [1.82, 2.24) is 0 Å². The van der Waals surface area contributed by atoms with E-state index in [2.05, 4.69) is 0 Å². The molecular formula is C15H18Cl2O2. The van der Waals surface area contributed by atoms with Crippen LogP contribution in [0.5, 0.6) is 0 Å². The van der Waals surface area contributed by atoms with Crippen molar-refractivity contribution in [2.24, 2.45) is 5.92 Å². The molecule has 1 unspecified atom stereocenters. The van der Waals surface area contributed by atoms with Crippen LogP contribution in [0.25, 0.3) is 0 Å². The number of halogens is 2. The SMILES string of the molecule is COC(C(=O)c1ccc(Cl)c(Cl)c1)C1CCCCC1. The molecule has 1 saturated carbocycles. The summed E-state index contributed by atoms with van der Waals surface area (Å²) in [6.45, 7) is 0. The van der Waals surface area contributed by atoms with Crippen LogP contribution in [0.15, 0.2) is 18.2 Å². The van der Waals surface area contributed by atoms with Crippen LogP contribution in [0.2, 0.25) is 10.0 Å². The summed E-state index contributed by atoms with van der Waals surface area (Å²) in [5.41, 5.74) is 0.576. The number of methoxy groups -OCH3 is 1. The zero-order chi connectivity index (χ0) is 13.8. The second kappa shape index (κ2) is 6.74. The molecule has 0 bridgehead atoms. The van der Waals surface area contributed by atoms with Crippen molar-refractivity contribution in [2.75, 3.05) is 7.11 Å². The van der Waals surface area contributed by atoms with Crippen LogP contribution in [0, 0.1) is 5.92 Å². The minimum absolute atomic E-state index is 0.00738. The monoisotopic (exact) mass is 300 g/mol. The second-order valence-corrected chi connectivity index (χ2v) is 5.86. The number of Topliss-reactive ketones (excluding diaryl/α,β-unsaturated/α-hetero) is 1. The van der Waals surface area contributed by atoms with E-state index in [1.54, 1.807) is 25.3 Å². The van der Waals surface area contributed by atoms with Gasteiger partial charge in [-0.3, -0.25) is 4.79 Å². The Bertz CT molecular complexity index is 453. The zero-order valence-corrected chi connectivity index (χ0v) is 12.5. The van der Waals surface area contributed by atoms with E-state index < -0.39 is 0 Å². The topological polar surface area (TPSA) is 26.3 Å². The van der Waals surface area contributed by atoms with Gasteiger partial charge in [-0.05, 0) is 37.0 Å². The van der Waals surface area contributed by atoms with E-state index in [1.807, 2.05) is 0 Å². The van der Waals surface area contributed by atoms with Crippen LogP contribution in [0.1, 0.15) is 42.5 Å². The Labute approximate surface area is 124 Å². The summed E-state index contributed by atoms with van der Waals surface area (Å²) >= 11 is 11.8. The van der Waals surface area contributed by atoms with Gasteiger partial charge in [-0.1, -0.05) is 42.5 Å². The van der Waals surface area contributed by atoms with Gasteiger partial charge in [0.05, 0.1) is 10.0 Å². The molecule has 2 nitrogen and oxygen atoms in total. The lowest BCUT2D eigenvalue weighted by Gasteiger charge is -2.28. The molecule has 0 N–H and O–H groups in total. The first-order chi connectivity index (χ1) is 9.13. The molecule has 1 aromatic rings. The van der Waals surface area contributed by atoms with Gasteiger partial charge >= 0.3 is 0 Å². The molecule has 0 aromatic heterocycles. The third-order valence-corrected chi connectivity index (χ3v) is 4.53. The van der Waals surface area contributed by atoms with Crippen molar-refractivity contribution in [1.29, 1.82) is 0 Å². The van der Waals surface area contributed by atoms with E-state index in [-0.39, 0.29) is 11.9 Å². The Hall–Kier alpha value is -0.570. The van der Waals surface area contributed by atoms with Gasteiger partial charge in [-0.25, -0.2) is 0 Å². The Kier molecular flexibility index (Phi) is 5.26. The minimum atomic E-state index is -0.363. The van der Waals surface area contributed by atoms with Crippen LogP contribution >= 0.6 is 23.2 Å². The Balaban J connectivity index is 2.17. The Morgan fingerprint density at radius 1 is 1.21 bits per heavy atom. The Morgan fingerprint density at radius 2 is 1.89 bits per heavy atom. The first kappa shape index (κ1) is 14.8. The molecule has 1 aliphatic carbocycles. The highest BCUT2D eigenvalue weighted by Crippen LogP contribution is 2.30. The average molecular weight is 301 g/mol. The summed E-state index contributed by atoms with van der Waals surface area (Å²) in [5.74, 6) is 0.327. The van der Waals surface area contributed by atoms with Crippen molar-refractivity contribution >= 4 is 29.0 Å². The maximum absolute atomic E-state index is 12.5. The standard InChI is InChI=1S/C15H18Cl2O2/c1-19-15(10-5-3-2-4-6-10)14(18)11-7-8-12(16)13(17)9-11/h7-10,15H,2-6H2,1H3. The quantitative estimate of drug-likeness (QED) is 0.749. The summed E-state index contributed by atoms with van der Waals surface area (Å²) in [7, 11) is 1.61. The van der Waals surface area contributed by atoms with Gasteiger partial charge in [-0.2, -0.15) is 0 Å². The second-order valence-electron chi connectivity index (χ2n) is 5.05. The van der Waals surface area contributed by atoms with Gasteiger partial charge in [0.25, 0.3) is 0 Å². The number of carbonyl (C=O) groups is 1. The predicted octanol–water partition coefficient (Wildman–Crippen LogP) is 4.77. The number of hydrogen-bond donors (Lipinski definition) is 0. The molecule has 1 atom stereocenters. The van der Waals surface area contributed by atoms with Crippen molar-refractivity contribution in [3.05, 3.63) is 33.8 Å². The molecule has 0 heterocycles. The molecule has 2 rings (SSSR count). The predicted molar refractivity (Wildman–Crippen MR) is 78.2 cm³/mol. The molecule has 0 aliphatic heterocycles. The maximum atomic E-state index is 12.5. The van der Waals surface area contributed by atoms with Crippen LogP contribution in [-0.2, 0) is 4.74 Å². The number of ether oxygens (including phenoxy) is 1. The lowest BCUT2D eigenvalue weighted by Crippen LogP contribution is -2.33. The molecule has 0 radical (unpaired) electrons. The number of carbonyl (C=O) groups excluding carboxylic acids is 1. The van der Waals surface area contributed by atoms with Gasteiger partial charge in [0, 0.05) is 12.7 Å². The summed E-state index contributed by atoms with van der Waals surface area (Å²) < 4.78 is 5.45. The van der Waals surface area contributed by atoms with Gasteiger partial charge in [0.1, 0.15) is 6.10 Å². The van der Waals surface area contributed by atoms with Crippen molar-refractivity contribution in [3.63, 3.8) is 0 Å². The zero-order valence-electron chi connectivity index (χ0n) is 11.0. The molecule has 0 spiro atoms. The van der Waals surface area contributed by atoms with E-state index in [4.69, 9.17) is 27.9 Å². The maximum Gasteiger partial charge on any atom is 0.191 e. The largest absolute Gasteiger partial charge is 0.373 e. The fourth-order valence-corrected chi connectivity index (χ4v) is 3.06. The molecule has 1 fully saturated rings. The van der Waals surface area contributed by atoms with Crippen LogP contribution in [0.4, 0.5) is 0 Å².